The Labute approximate surface area is 136 Å². The van der Waals surface area contributed by atoms with Crippen molar-refractivity contribution in [2.45, 2.75) is 46.6 Å². The quantitative estimate of drug-likeness (QED) is 0.748. The van der Waals surface area contributed by atoms with Gasteiger partial charge in [-0.2, -0.15) is 0 Å². The number of carbonyl (C=O) groups is 3. The Morgan fingerprint density at radius 3 is 2.13 bits per heavy atom. The normalized spacial score (nSPS) is 12.3. The van der Waals surface area contributed by atoms with Crippen molar-refractivity contribution in [3.05, 3.63) is 29.8 Å². The van der Waals surface area contributed by atoms with Crippen molar-refractivity contribution >= 4 is 23.5 Å². The lowest BCUT2D eigenvalue weighted by Crippen LogP contribution is -2.44. The average molecular weight is 320 g/mol. The highest BCUT2D eigenvalue weighted by molar-refractivity contribution is 5.98. The molecule has 6 heteroatoms. The minimum atomic E-state index is -1.15. The molecular formula is C17H24N2O4. The van der Waals surface area contributed by atoms with Gasteiger partial charge in [-0.05, 0) is 29.5 Å². The monoisotopic (exact) mass is 320 g/mol. The van der Waals surface area contributed by atoms with Crippen LogP contribution in [0, 0.1) is 5.41 Å². The Morgan fingerprint density at radius 1 is 1.13 bits per heavy atom. The van der Waals surface area contributed by atoms with Crippen LogP contribution in [0.4, 0.5) is 5.69 Å². The molecule has 0 aliphatic heterocycles. The summed E-state index contributed by atoms with van der Waals surface area (Å²) in [7, 11) is 0. The fourth-order valence-electron chi connectivity index (χ4n) is 2.18. The maximum atomic E-state index is 12.1. The summed E-state index contributed by atoms with van der Waals surface area (Å²) in [5, 5.41) is 13.8. The molecule has 1 rings (SSSR count). The fraction of sp³-hybridized carbons (Fsp3) is 0.471. The van der Waals surface area contributed by atoms with Gasteiger partial charge in [-0.1, -0.05) is 32.9 Å². The van der Waals surface area contributed by atoms with Gasteiger partial charge in [0, 0.05) is 12.6 Å². The molecule has 0 saturated carbocycles. The zero-order chi connectivity index (χ0) is 17.6. The van der Waals surface area contributed by atoms with E-state index in [0.29, 0.717) is 5.69 Å². The van der Waals surface area contributed by atoms with Crippen LogP contribution in [0.3, 0.4) is 0 Å². The Balaban J connectivity index is 2.74. The number of amides is 2. The molecule has 0 heterocycles. The van der Waals surface area contributed by atoms with Gasteiger partial charge in [-0.3, -0.25) is 14.4 Å². The molecular weight excluding hydrogens is 296 g/mol. The van der Waals surface area contributed by atoms with Gasteiger partial charge in [0.05, 0.1) is 6.42 Å². The predicted molar refractivity (Wildman–Crippen MR) is 88.1 cm³/mol. The first kappa shape index (κ1) is 18.7. The van der Waals surface area contributed by atoms with E-state index in [9.17, 15) is 14.4 Å². The number of hydrogen-bond acceptors (Lipinski definition) is 3. The highest BCUT2D eigenvalue weighted by Gasteiger charge is 2.22. The second-order valence-electron chi connectivity index (χ2n) is 6.77. The molecule has 3 N–H and O–H groups in total. The molecule has 0 unspecified atom stereocenters. The van der Waals surface area contributed by atoms with Crippen LogP contribution in [-0.4, -0.2) is 28.9 Å². The zero-order valence-corrected chi connectivity index (χ0v) is 14.0. The molecule has 1 aromatic carbocycles. The number of aliphatic carboxylic acids is 1. The highest BCUT2D eigenvalue weighted by Crippen LogP contribution is 2.21. The van der Waals surface area contributed by atoms with E-state index in [0.717, 1.165) is 12.0 Å². The summed E-state index contributed by atoms with van der Waals surface area (Å²) in [4.78, 5) is 34.0. The molecule has 0 fully saturated rings. The summed E-state index contributed by atoms with van der Waals surface area (Å²) in [6, 6.07) is 6.28. The van der Waals surface area contributed by atoms with E-state index in [1.807, 2.05) is 12.1 Å². The van der Waals surface area contributed by atoms with Crippen LogP contribution in [0.5, 0.6) is 0 Å². The third-order valence-electron chi connectivity index (χ3n) is 3.03. The molecule has 23 heavy (non-hydrogen) atoms. The second-order valence-corrected chi connectivity index (χ2v) is 6.77. The molecule has 126 valence electrons. The molecule has 2 amide bonds. The summed E-state index contributed by atoms with van der Waals surface area (Å²) < 4.78 is 0. The molecule has 0 spiro atoms. The lowest BCUT2D eigenvalue weighted by molar-refractivity contribution is -0.139. The van der Waals surface area contributed by atoms with Gasteiger partial charge in [-0.15, -0.1) is 0 Å². The Hall–Kier alpha value is -2.37. The van der Waals surface area contributed by atoms with Crippen LogP contribution < -0.4 is 10.6 Å². The summed E-state index contributed by atoms with van der Waals surface area (Å²) in [6.45, 7) is 7.68. The van der Waals surface area contributed by atoms with Crippen LogP contribution in [0.1, 0.15) is 39.7 Å². The smallest absolute Gasteiger partial charge is 0.305 e. The van der Waals surface area contributed by atoms with E-state index >= 15 is 0 Å². The number of rotatable bonds is 6. The van der Waals surface area contributed by atoms with Gasteiger partial charge >= 0.3 is 5.97 Å². The Kier molecular flexibility index (Phi) is 6.30. The van der Waals surface area contributed by atoms with E-state index in [4.69, 9.17) is 5.11 Å². The molecule has 0 aromatic heterocycles. The molecule has 0 saturated heterocycles. The van der Waals surface area contributed by atoms with Crippen molar-refractivity contribution in [1.82, 2.24) is 5.32 Å². The standard InChI is InChI=1S/C17H24N2O4/c1-11(20)18-14(9-15(21)22)16(23)19-13-7-5-12(6-8-13)10-17(2,3)4/h5-8,14H,9-10H2,1-4H3,(H,18,20)(H,19,23)(H,21,22)/t14-/m0/s1. The Bertz CT molecular complexity index is 557. The summed E-state index contributed by atoms with van der Waals surface area (Å²) in [6.07, 6.45) is 0.447. The maximum absolute atomic E-state index is 12.1. The molecule has 0 aliphatic carbocycles. The molecule has 0 aliphatic rings. The van der Waals surface area contributed by atoms with Gasteiger partial charge in [-0.25, -0.2) is 0 Å². The van der Waals surface area contributed by atoms with Crippen molar-refractivity contribution < 1.29 is 19.5 Å². The number of hydrogen-bond donors (Lipinski definition) is 3. The second kappa shape index (κ2) is 7.76. The van der Waals surface area contributed by atoms with Gasteiger partial charge in [0.25, 0.3) is 0 Å². The van der Waals surface area contributed by atoms with Crippen molar-refractivity contribution in [3.8, 4) is 0 Å². The number of nitrogens with one attached hydrogen (secondary N) is 2. The lowest BCUT2D eigenvalue weighted by atomic mass is 9.88. The van der Waals surface area contributed by atoms with Gasteiger partial charge in [0.15, 0.2) is 0 Å². The first-order valence-corrected chi connectivity index (χ1v) is 7.45. The van der Waals surface area contributed by atoms with Crippen molar-refractivity contribution in [2.24, 2.45) is 5.41 Å². The Morgan fingerprint density at radius 2 is 1.70 bits per heavy atom. The molecule has 1 aromatic rings. The predicted octanol–water partition coefficient (Wildman–Crippen LogP) is 2.19. The maximum Gasteiger partial charge on any atom is 0.305 e. The highest BCUT2D eigenvalue weighted by atomic mass is 16.4. The third-order valence-corrected chi connectivity index (χ3v) is 3.03. The minimum Gasteiger partial charge on any atom is -0.481 e. The summed E-state index contributed by atoms with van der Waals surface area (Å²) in [5.74, 6) is -2.16. The van der Waals surface area contributed by atoms with Crippen molar-refractivity contribution in [3.63, 3.8) is 0 Å². The van der Waals surface area contributed by atoms with Gasteiger partial charge < -0.3 is 15.7 Å². The van der Waals surface area contributed by atoms with Crippen LogP contribution >= 0.6 is 0 Å². The van der Waals surface area contributed by atoms with E-state index in [1.54, 1.807) is 12.1 Å². The molecule has 1 atom stereocenters. The van der Waals surface area contributed by atoms with Crippen molar-refractivity contribution in [1.29, 1.82) is 0 Å². The largest absolute Gasteiger partial charge is 0.481 e. The number of carbonyl (C=O) groups excluding carboxylic acids is 2. The third kappa shape index (κ3) is 7.44. The first-order valence-electron chi connectivity index (χ1n) is 7.45. The first-order chi connectivity index (χ1) is 10.6. The molecule has 0 bridgehead atoms. The van der Waals surface area contributed by atoms with E-state index in [1.165, 1.54) is 6.92 Å². The fourth-order valence-corrected chi connectivity index (χ4v) is 2.18. The number of benzene rings is 1. The van der Waals surface area contributed by atoms with E-state index in [2.05, 4.69) is 31.4 Å². The molecule has 6 nitrogen and oxygen atoms in total. The number of anilines is 1. The van der Waals surface area contributed by atoms with Crippen LogP contribution in [0.25, 0.3) is 0 Å². The topological polar surface area (TPSA) is 95.5 Å². The average Bonchev–Trinajstić information content (AvgIpc) is 2.37. The summed E-state index contributed by atoms with van der Waals surface area (Å²) >= 11 is 0. The number of carboxylic acid groups (broad SMARTS) is 1. The molecule has 0 radical (unpaired) electrons. The van der Waals surface area contributed by atoms with E-state index < -0.39 is 30.2 Å². The van der Waals surface area contributed by atoms with Crippen LogP contribution in [-0.2, 0) is 20.8 Å². The van der Waals surface area contributed by atoms with Gasteiger partial charge in [0.1, 0.15) is 6.04 Å². The SMILES string of the molecule is CC(=O)N[C@@H](CC(=O)O)C(=O)Nc1ccc(CC(C)(C)C)cc1. The minimum absolute atomic E-state index is 0.169. The summed E-state index contributed by atoms with van der Waals surface area (Å²) in [5.41, 5.74) is 1.88. The van der Waals surface area contributed by atoms with Crippen LogP contribution in [0.2, 0.25) is 0 Å². The number of carboxylic acids is 1. The lowest BCUT2D eigenvalue weighted by Gasteiger charge is -2.19. The van der Waals surface area contributed by atoms with E-state index in [-0.39, 0.29) is 5.41 Å². The van der Waals surface area contributed by atoms with Gasteiger partial charge in [0.2, 0.25) is 11.8 Å². The van der Waals surface area contributed by atoms with Crippen LogP contribution in [0.15, 0.2) is 24.3 Å². The zero-order valence-electron chi connectivity index (χ0n) is 14.0. The van der Waals surface area contributed by atoms with Crippen molar-refractivity contribution in [2.75, 3.05) is 5.32 Å².